The van der Waals surface area contributed by atoms with Crippen molar-refractivity contribution in [2.75, 3.05) is 26.5 Å². The van der Waals surface area contributed by atoms with Crippen LogP contribution in [0.1, 0.15) is 12.8 Å². The fourth-order valence-corrected chi connectivity index (χ4v) is 3.88. The molecule has 1 saturated heterocycles. The van der Waals surface area contributed by atoms with Gasteiger partial charge in [0.1, 0.15) is 0 Å². The van der Waals surface area contributed by atoms with Gasteiger partial charge in [0.05, 0.1) is 11.9 Å². The van der Waals surface area contributed by atoms with Crippen molar-refractivity contribution in [3.63, 3.8) is 0 Å². The smallest absolute Gasteiger partial charge is 0.421 e. The van der Waals surface area contributed by atoms with Crippen LogP contribution in [-0.2, 0) is 14.9 Å². The van der Waals surface area contributed by atoms with E-state index in [9.17, 15) is 13.2 Å². The molecule has 0 aromatic heterocycles. The molecule has 0 atom stereocenters. The number of nitrogens with two attached hydrogens (primary N) is 1. The maximum Gasteiger partial charge on any atom is 0.421 e. The van der Waals surface area contributed by atoms with E-state index >= 15 is 0 Å². The average Bonchev–Trinajstić information content (AvgIpc) is 2.45. The summed E-state index contributed by atoms with van der Waals surface area (Å²) in [6, 6.07) is 0. The van der Waals surface area contributed by atoms with Crippen LogP contribution in [0.15, 0.2) is 5.16 Å². The molecule has 0 saturated carbocycles. The number of thioether (sulfide) groups is 1. The molecule has 0 radical (unpaired) electrons. The van der Waals surface area contributed by atoms with Gasteiger partial charge in [-0.3, -0.25) is 0 Å². The molecule has 116 valence electrons. The summed E-state index contributed by atoms with van der Waals surface area (Å²) in [5.41, 5.74) is 5.67. The van der Waals surface area contributed by atoms with Crippen LogP contribution in [0, 0.1) is 0 Å². The topological polar surface area (TPSA) is 134 Å². The molecule has 0 aromatic rings. The molecule has 4 N–H and O–H groups in total. The highest BCUT2D eigenvalue weighted by atomic mass is 32.2. The van der Waals surface area contributed by atoms with Crippen LogP contribution >= 0.6 is 11.8 Å². The standard InChI is InChI=1S/C9H18N4O5S2/c1-18-8(14)12-20(16,17)13-5-3-9(19-2,4-6-13)7(10)11-15/h15H,3-6H2,1-2H3,(H2,10,11)(H,12,14). The molecule has 1 rings (SSSR count). The summed E-state index contributed by atoms with van der Waals surface area (Å²) in [7, 11) is -2.85. The second-order valence-electron chi connectivity index (χ2n) is 4.18. The largest absolute Gasteiger partial charge is 0.452 e. The van der Waals surface area contributed by atoms with Gasteiger partial charge in [-0.15, -0.1) is 0 Å². The van der Waals surface area contributed by atoms with Gasteiger partial charge in [-0.05, 0) is 19.1 Å². The number of hydrogen-bond acceptors (Lipinski definition) is 7. The number of oxime groups is 1. The van der Waals surface area contributed by atoms with Crippen LogP contribution in [0.4, 0.5) is 4.79 Å². The second kappa shape index (κ2) is 6.50. The highest BCUT2D eigenvalue weighted by molar-refractivity contribution is 8.00. The molecule has 0 aliphatic carbocycles. The number of methoxy groups -OCH3 is 1. The first-order valence-corrected chi connectivity index (χ1v) is 8.37. The Balaban J connectivity index is 2.77. The molecular formula is C9H18N4O5S2. The SMILES string of the molecule is COC(=O)NS(=O)(=O)N1CCC(SC)(C(N)=NO)CC1. The van der Waals surface area contributed by atoms with Gasteiger partial charge in [0.2, 0.25) is 0 Å². The van der Waals surface area contributed by atoms with Gasteiger partial charge in [-0.2, -0.15) is 24.5 Å². The fraction of sp³-hybridized carbons (Fsp3) is 0.778. The summed E-state index contributed by atoms with van der Waals surface area (Å²) in [5, 5.41) is 11.8. The predicted octanol–water partition coefficient (Wildman–Crippen LogP) is -0.469. The minimum absolute atomic E-state index is 0.0722. The molecule has 9 nitrogen and oxygen atoms in total. The van der Waals surface area contributed by atoms with Gasteiger partial charge in [-0.1, -0.05) is 5.16 Å². The molecular weight excluding hydrogens is 308 g/mol. The lowest BCUT2D eigenvalue weighted by Gasteiger charge is -2.38. The van der Waals surface area contributed by atoms with Crippen molar-refractivity contribution in [1.82, 2.24) is 9.03 Å². The molecule has 11 heteroatoms. The Labute approximate surface area is 121 Å². The van der Waals surface area contributed by atoms with Crippen molar-refractivity contribution < 1.29 is 23.2 Å². The van der Waals surface area contributed by atoms with E-state index in [4.69, 9.17) is 10.9 Å². The van der Waals surface area contributed by atoms with Gasteiger partial charge in [0, 0.05) is 13.1 Å². The molecule has 1 fully saturated rings. The number of nitrogens with one attached hydrogen (secondary N) is 1. The van der Waals surface area contributed by atoms with Crippen LogP contribution in [0.5, 0.6) is 0 Å². The Hall–Kier alpha value is -1.20. The lowest BCUT2D eigenvalue weighted by atomic mass is 9.96. The van der Waals surface area contributed by atoms with Crippen molar-refractivity contribution in [2.45, 2.75) is 17.6 Å². The highest BCUT2D eigenvalue weighted by Gasteiger charge is 2.41. The number of amidine groups is 1. The Bertz CT molecular complexity index is 485. The molecule has 0 spiro atoms. The lowest BCUT2D eigenvalue weighted by Crippen LogP contribution is -2.54. The fourth-order valence-electron chi connectivity index (χ4n) is 1.96. The third-order valence-corrected chi connectivity index (χ3v) is 6.10. The van der Waals surface area contributed by atoms with E-state index in [2.05, 4.69) is 9.89 Å². The number of piperidine rings is 1. The van der Waals surface area contributed by atoms with Crippen molar-refractivity contribution >= 4 is 33.9 Å². The van der Waals surface area contributed by atoms with E-state index in [1.165, 1.54) is 11.8 Å². The minimum atomic E-state index is -3.93. The monoisotopic (exact) mass is 326 g/mol. The van der Waals surface area contributed by atoms with Gasteiger partial charge >= 0.3 is 16.3 Å². The quantitative estimate of drug-likeness (QED) is 0.275. The van der Waals surface area contributed by atoms with Gasteiger partial charge in [0.15, 0.2) is 5.84 Å². The first-order valence-electron chi connectivity index (χ1n) is 5.70. The second-order valence-corrected chi connectivity index (χ2v) is 7.04. The number of rotatable bonds is 4. The number of carbonyl (C=O) groups is 1. The maximum absolute atomic E-state index is 11.9. The molecule has 0 unspecified atom stereocenters. The zero-order valence-electron chi connectivity index (χ0n) is 11.2. The van der Waals surface area contributed by atoms with Gasteiger partial charge in [0.25, 0.3) is 0 Å². The molecule has 1 aliphatic heterocycles. The number of carbonyl (C=O) groups excluding carboxylic acids is 1. The Morgan fingerprint density at radius 3 is 2.45 bits per heavy atom. The van der Waals surface area contributed by atoms with E-state index in [-0.39, 0.29) is 18.9 Å². The first kappa shape index (κ1) is 16.9. The van der Waals surface area contributed by atoms with Crippen LogP contribution in [0.3, 0.4) is 0 Å². The normalized spacial score (nSPS) is 20.4. The number of hydrogen-bond donors (Lipinski definition) is 3. The third-order valence-electron chi connectivity index (χ3n) is 3.23. The van der Waals surface area contributed by atoms with E-state index < -0.39 is 21.0 Å². The molecule has 1 amide bonds. The van der Waals surface area contributed by atoms with E-state index in [1.54, 1.807) is 4.72 Å². The summed E-state index contributed by atoms with van der Waals surface area (Å²) in [4.78, 5) is 11.0. The Morgan fingerprint density at radius 1 is 1.50 bits per heavy atom. The van der Waals surface area contributed by atoms with E-state index in [0.29, 0.717) is 12.8 Å². The van der Waals surface area contributed by atoms with Gasteiger partial charge < -0.3 is 15.7 Å². The molecule has 0 bridgehead atoms. The number of nitrogens with zero attached hydrogens (tertiary/aromatic N) is 2. The van der Waals surface area contributed by atoms with Crippen LogP contribution < -0.4 is 10.5 Å². The first-order chi connectivity index (χ1) is 9.31. The predicted molar refractivity (Wildman–Crippen MR) is 74.9 cm³/mol. The van der Waals surface area contributed by atoms with Gasteiger partial charge in [-0.25, -0.2) is 9.52 Å². The minimum Gasteiger partial charge on any atom is -0.452 e. The third kappa shape index (κ3) is 3.46. The maximum atomic E-state index is 11.9. The average molecular weight is 326 g/mol. The van der Waals surface area contributed by atoms with Crippen molar-refractivity contribution in [2.24, 2.45) is 10.9 Å². The summed E-state index contributed by atoms with van der Waals surface area (Å²) in [6.45, 7) is 0.312. The summed E-state index contributed by atoms with van der Waals surface area (Å²) in [6.07, 6.45) is 1.54. The molecule has 20 heavy (non-hydrogen) atoms. The summed E-state index contributed by atoms with van der Waals surface area (Å²) >= 11 is 1.41. The molecule has 1 aliphatic rings. The zero-order valence-corrected chi connectivity index (χ0v) is 12.8. The molecule has 1 heterocycles. The van der Waals surface area contributed by atoms with Crippen LogP contribution in [0.25, 0.3) is 0 Å². The molecule has 0 aromatic carbocycles. The van der Waals surface area contributed by atoms with Crippen molar-refractivity contribution in [3.05, 3.63) is 0 Å². The van der Waals surface area contributed by atoms with Crippen LogP contribution in [0.2, 0.25) is 0 Å². The lowest BCUT2D eigenvalue weighted by molar-refractivity contribution is 0.176. The number of ether oxygens (including phenoxy) is 1. The summed E-state index contributed by atoms with van der Waals surface area (Å²) < 4.78 is 30.4. The number of amides is 1. The van der Waals surface area contributed by atoms with E-state index in [1.807, 2.05) is 6.26 Å². The zero-order chi connectivity index (χ0) is 15.4. The van der Waals surface area contributed by atoms with E-state index in [0.717, 1.165) is 11.4 Å². The Kier molecular flexibility index (Phi) is 5.48. The highest BCUT2D eigenvalue weighted by Crippen LogP contribution is 2.35. The van der Waals surface area contributed by atoms with Crippen LogP contribution in [-0.4, -0.2) is 61.1 Å². The van der Waals surface area contributed by atoms with Crippen molar-refractivity contribution in [3.8, 4) is 0 Å². The Morgan fingerprint density at radius 2 is 2.05 bits per heavy atom. The van der Waals surface area contributed by atoms with Crippen molar-refractivity contribution in [1.29, 1.82) is 0 Å². The summed E-state index contributed by atoms with van der Waals surface area (Å²) in [5.74, 6) is 0.0722.